The van der Waals surface area contributed by atoms with Crippen LogP contribution in [0.25, 0.3) is 11.0 Å². The van der Waals surface area contributed by atoms with Crippen LogP contribution in [0.5, 0.6) is 0 Å². The minimum Gasteiger partial charge on any atom is -0.345 e. The minimum atomic E-state index is -0.175. The second-order valence-electron chi connectivity index (χ2n) is 4.58. The zero-order valence-corrected chi connectivity index (χ0v) is 10.6. The average Bonchev–Trinajstić information content (AvgIpc) is 2.94. The molecule has 0 saturated carbocycles. The molecule has 19 heavy (non-hydrogen) atoms. The molecule has 2 heterocycles. The summed E-state index contributed by atoms with van der Waals surface area (Å²) < 4.78 is 0. The molecule has 0 aliphatic carbocycles. The van der Waals surface area contributed by atoms with Crippen LogP contribution in [-0.2, 0) is 13.1 Å². The van der Waals surface area contributed by atoms with Crippen molar-refractivity contribution in [3.63, 3.8) is 0 Å². The van der Waals surface area contributed by atoms with Crippen LogP contribution in [0.1, 0.15) is 17.1 Å². The Morgan fingerprint density at radius 1 is 1.16 bits per heavy atom. The Balaban J connectivity index is 1.66. The van der Waals surface area contributed by atoms with E-state index >= 15 is 0 Å². The number of aryl methyl sites for hydroxylation is 1. The van der Waals surface area contributed by atoms with Gasteiger partial charge >= 0.3 is 5.69 Å². The van der Waals surface area contributed by atoms with E-state index in [1.54, 1.807) is 0 Å². The molecule has 4 N–H and O–H groups in total. The van der Waals surface area contributed by atoms with E-state index < -0.39 is 0 Å². The van der Waals surface area contributed by atoms with Gasteiger partial charge in [0.15, 0.2) is 0 Å². The number of imidazole rings is 2. The molecular formula is C13H15N5O. The first kappa shape index (κ1) is 11.7. The molecule has 6 nitrogen and oxygen atoms in total. The lowest BCUT2D eigenvalue weighted by Gasteiger charge is -2.03. The predicted molar refractivity (Wildman–Crippen MR) is 72.8 cm³/mol. The van der Waals surface area contributed by atoms with Crippen molar-refractivity contribution in [2.45, 2.75) is 20.0 Å². The van der Waals surface area contributed by atoms with Gasteiger partial charge in [-0.2, -0.15) is 0 Å². The van der Waals surface area contributed by atoms with Crippen molar-refractivity contribution in [1.82, 2.24) is 25.3 Å². The van der Waals surface area contributed by atoms with Crippen LogP contribution < -0.4 is 11.0 Å². The molecule has 0 amide bonds. The molecule has 0 bridgehead atoms. The molecule has 0 radical (unpaired) electrons. The molecule has 1 aromatic carbocycles. The minimum absolute atomic E-state index is 0.175. The molecule has 3 aromatic rings. The lowest BCUT2D eigenvalue weighted by atomic mass is 10.2. The Kier molecular flexibility index (Phi) is 2.92. The standard InChI is InChI=1S/C13H15N5O/c1-8-5-15-12(16-8)7-14-6-9-2-3-10-11(4-9)18-13(19)17-10/h2-5,14H,6-7H2,1H3,(H,15,16)(H2,17,18,19). The van der Waals surface area contributed by atoms with Gasteiger partial charge in [0.1, 0.15) is 5.82 Å². The number of fused-ring (bicyclic) bond motifs is 1. The van der Waals surface area contributed by atoms with E-state index in [9.17, 15) is 4.79 Å². The van der Waals surface area contributed by atoms with Crippen LogP contribution in [0.2, 0.25) is 0 Å². The van der Waals surface area contributed by atoms with E-state index in [1.807, 2.05) is 31.3 Å². The number of rotatable bonds is 4. The fourth-order valence-electron chi connectivity index (χ4n) is 2.07. The van der Waals surface area contributed by atoms with E-state index in [-0.39, 0.29) is 5.69 Å². The number of hydrogen-bond acceptors (Lipinski definition) is 3. The lowest BCUT2D eigenvalue weighted by Crippen LogP contribution is -2.13. The molecule has 0 fully saturated rings. The Bertz CT molecular complexity index is 752. The summed E-state index contributed by atoms with van der Waals surface area (Å²) in [6, 6.07) is 5.86. The van der Waals surface area contributed by atoms with Crippen LogP contribution in [0.3, 0.4) is 0 Å². The molecular weight excluding hydrogens is 242 g/mol. The van der Waals surface area contributed by atoms with Gasteiger partial charge in [-0.05, 0) is 24.6 Å². The summed E-state index contributed by atoms with van der Waals surface area (Å²) in [6.45, 7) is 3.39. The molecule has 0 aliphatic rings. The number of aromatic nitrogens is 4. The summed E-state index contributed by atoms with van der Waals surface area (Å²) in [7, 11) is 0. The van der Waals surface area contributed by atoms with Gasteiger partial charge in [0.25, 0.3) is 0 Å². The van der Waals surface area contributed by atoms with Crippen molar-refractivity contribution in [3.8, 4) is 0 Å². The predicted octanol–water partition coefficient (Wildman–Crippen LogP) is 1.18. The highest BCUT2D eigenvalue weighted by Gasteiger charge is 2.01. The van der Waals surface area contributed by atoms with Gasteiger partial charge in [-0.25, -0.2) is 9.78 Å². The first-order valence-corrected chi connectivity index (χ1v) is 6.13. The Hall–Kier alpha value is -2.34. The molecule has 3 rings (SSSR count). The zero-order chi connectivity index (χ0) is 13.2. The Morgan fingerprint density at radius 3 is 2.79 bits per heavy atom. The van der Waals surface area contributed by atoms with Crippen LogP contribution >= 0.6 is 0 Å². The summed E-state index contributed by atoms with van der Waals surface area (Å²) >= 11 is 0. The van der Waals surface area contributed by atoms with Gasteiger partial charge in [-0.3, -0.25) is 0 Å². The van der Waals surface area contributed by atoms with Gasteiger partial charge in [0, 0.05) is 18.4 Å². The van der Waals surface area contributed by atoms with Crippen LogP contribution in [-0.4, -0.2) is 19.9 Å². The highest BCUT2D eigenvalue weighted by molar-refractivity contribution is 5.74. The number of aromatic amines is 3. The molecule has 0 saturated heterocycles. The number of hydrogen-bond donors (Lipinski definition) is 4. The average molecular weight is 257 g/mol. The maximum atomic E-state index is 11.2. The van der Waals surface area contributed by atoms with Crippen molar-refractivity contribution >= 4 is 11.0 Å². The summed E-state index contributed by atoms with van der Waals surface area (Å²) in [4.78, 5) is 24.0. The van der Waals surface area contributed by atoms with Gasteiger partial charge in [-0.1, -0.05) is 6.07 Å². The van der Waals surface area contributed by atoms with Crippen LogP contribution in [0.15, 0.2) is 29.2 Å². The molecule has 0 unspecified atom stereocenters. The molecule has 6 heteroatoms. The molecule has 98 valence electrons. The highest BCUT2D eigenvalue weighted by atomic mass is 16.1. The van der Waals surface area contributed by atoms with Crippen molar-refractivity contribution < 1.29 is 0 Å². The second kappa shape index (κ2) is 4.74. The number of nitrogens with one attached hydrogen (secondary N) is 4. The molecule has 0 spiro atoms. The van der Waals surface area contributed by atoms with E-state index in [1.165, 1.54) is 0 Å². The normalized spacial score (nSPS) is 11.2. The monoisotopic (exact) mass is 257 g/mol. The quantitative estimate of drug-likeness (QED) is 0.565. The first-order valence-electron chi connectivity index (χ1n) is 6.13. The second-order valence-corrected chi connectivity index (χ2v) is 4.58. The lowest BCUT2D eigenvalue weighted by molar-refractivity contribution is 0.668. The molecule has 0 aliphatic heterocycles. The van der Waals surface area contributed by atoms with Crippen molar-refractivity contribution in [2.24, 2.45) is 0 Å². The Labute approximate surface area is 109 Å². The summed E-state index contributed by atoms with van der Waals surface area (Å²) in [6.07, 6.45) is 1.81. The molecule has 0 atom stereocenters. The van der Waals surface area contributed by atoms with Gasteiger partial charge in [0.05, 0.1) is 17.6 Å². The van der Waals surface area contributed by atoms with E-state index in [0.717, 1.165) is 34.7 Å². The maximum absolute atomic E-state index is 11.2. The first-order chi connectivity index (χ1) is 9.20. The van der Waals surface area contributed by atoms with Gasteiger partial charge in [0.2, 0.25) is 0 Å². The smallest absolute Gasteiger partial charge is 0.323 e. The largest absolute Gasteiger partial charge is 0.345 e. The van der Waals surface area contributed by atoms with Gasteiger partial charge < -0.3 is 20.3 Å². The molecule has 2 aromatic heterocycles. The van der Waals surface area contributed by atoms with E-state index in [0.29, 0.717) is 6.54 Å². The fourth-order valence-corrected chi connectivity index (χ4v) is 2.07. The van der Waals surface area contributed by atoms with Crippen molar-refractivity contribution in [2.75, 3.05) is 0 Å². The van der Waals surface area contributed by atoms with Gasteiger partial charge in [-0.15, -0.1) is 0 Å². The maximum Gasteiger partial charge on any atom is 0.323 e. The summed E-state index contributed by atoms with van der Waals surface area (Å²) in [5.41, 5.74) is 3.66. The zero-order valence-electron chi connectivity index (χ0n) is 10.6. The third kappa shape index (κ3) is 2.58. The fraction of sp³-hybridized carbons (Fsp3) is 0.231. The topological polar surface area (TPSA) is 89.4 Å². The number of nitrogens with zero attached hydrogens (tertiary/aromatic N) is 1. The third-order valence-electron chi connectivity index (χ3n) is 2.96. The number of H-pyrrole nitrogens is 3. The van der Waals surface area contributed by atoms with Crippen molar-refractivity contribution in [1.29, 1.82) is 0 Å². The SMILES string of the molecule is Cc1cnc(CNCc2ccc3[nH]c(=O)[nH]c3c2)[nH]1. The van der Waals surface area contributed by atoms with Crippen LogP contribution in [0.4, 0.5) is 0 Å². The third-order valence-corrected chi connectivity index (χ3v) is 2.96. The van der Waals surface area contributed by atoms with E-state index in [4.69, 9.17) is 0 Å². The highest BCUT2D eigenvalue weighted by Crippen LogP contribution is 2.10. The van der Waals surface area contributed by atoms with Crippen LogP contribution in [0, 0.1) is 6.92 Å². The summed E-state index contributed by atoms with van der Waals surface area (Å²) in [5, 5.41) is 3.31. The Morgan fingerprint density at radius 2 is 2.00 bits per heavy atom. The number of benzene rings is 1. The van der Waals surface area contributed by atoms with Crippen molar-refractivity contribution in [3.05, 3.63) is 52.0 Å². The summed E-state index contributed by atoms with van der Waals surface area (Å²) in [5.74, 6) is 0.925. The van der Waals surface area contributed by atoms with E-state index in [2.05, 4.69) is 25.3 Å².